The van der Waals surface area contributed by atoms with Crippen LogP contribution in [-0.4, -0.2) is 15.2 Å². The van der Waals surface area contributed by atoms with Crippen molar-refractivity contribution in [3.63, 3.8) is 0 Å². The van der Waals surface area contributed by atoms with Crippen molar-refractivity contribution in [1.82, 2.24) is 0 Å². The summed E-state index contributed by atoms with van der Waals surface area (Å²) in [7, 11) is 0. The SMILES string of the molecule is C[CH2][Al+][CH2]C.ClCc1ccccc1.[Cl-]. The Labute approximate surface area is 105 Å². The Morgan fingerprint density at radius 3 is 1.79 bits per heavy atom. The van der Waals surface area contributed by atoms with E-state index >= 15 is 0 Å². The third-order valence-corrected chi connectivity index (χ3v) is 3.04. The minimum absolute atomic E-state index is 0. The zero-order chi connectivity index (χ0) is 9.94. The summed E-state index contributed by atoms with van der Waals surface area (Å²) in [6, 6.07) is 9.96. The molecule has 0 saturated carbocycles. The third-order valence-electron chi connectivity index (χ3n) is 1.57. The van der Waals surface area contributed by atoms with Gasteiger partial charge in [0.2, 0.25) is 0 Å². The molecule has 0 saturated heterocycles. The monoisotopic (exact) mass is 246 g/mol. The van der Waals surface area contributed by atoms with Crippen molar-refractivity contribution in [2.24, 2.45) is 0 Å². The van der Waals surface area contributed by atoms with Gasteiger partial charge in [0.25, 0.3) is 0 Å². The fourth-order valence-corrected chi connectivity index (χ4v) is 1.61. The second-order valence-corrected chi connectivity index (χ2v) is 5.20. The maximum Gasteiger partial charge on any atom is 0.0474 e. The van der Waals surface area contributed by atoms with E-state index in [1.54, 1.807) is 0 Å². The average molecular weight is 247 g/mol. The molecule has 0 heterocycles. The standard InChI is InChI=1S/C7H7Cl.2C2H5.Al.ClH/c8-6-7-4-2-1-3-5-7;2*1-2;;/h1-5H,6H2;2*1H2,2H3;;1H/q;;;+1;/p-1. The zero-order valence-corrected chi connectivity index (χ0v) is 11.5. The molecule has 1 rings (SSSR count). The Bertz CT molecular complexity index is 188. The van der Waals surface area contributed by atoms with E-state index in [0.29, 0.717) is 5.88 Å². The second-order valence-electron chi connectivity index (χ2n) is 2.72. The van der Waals surface area contributed by atoms with Crippen LogP contribution in [0.3, 0.4) is 0 Å². The quantitative estimate of drug-likeness (QED) is 0.552. The summed E-state index contributed by atoms with van der Waals surface area (Å²) in [5.74, 6) is 0.612. The summed E-state index contributed by atoms with van der Waals surface area (Å²) < 4.78 is 0. The van der Waals surface area contributed by atoms with Crippen LogP contribution in [0.4, 0.5) is 0 Å². The molecule has 0 aliphatic carbocycles. The van der Waals surface area contributed by atoms with E-state index in [0.717, 1.165) is 15.2 Å². The number of hydrogen-bond acceptors (Lipinski definition) is 0. The van der Waals surface area contributed by atoms with Crippen LogP contribution in [0.25, 0.3) is 0 Å². The summed E-state index contributed by atoms with van der Waals surface area (Å²) >= 11 is 6.34. The van der Waals surface area contributed by atoms with Crippen molar-refractivity contribution in [3.8, 4) is 0 Å². The molecule has 0 aliphatic rings. The molecular weight excluding hydrogens is 230 g/mol. The van der Waals surface area contributed by atoms with Gasteiger partial charge in [-0.2, -0.15) is 0 Å². The van der Waals surface area contributed by atoms with Gasteiger partial charge in [0, 0.05) is 5.88 Å². The van der Waals surface area contributed by atoms with Gasteiger partial charge in [-0.1, -0.05) is 30.3 Å². The van der Waals surface area contributed by atoms with Gasteiger partial charge in [-0.15, -0.1) is 11.6 Å². The second kappa shape index (κ2) is 13.3. The van der Waals surface area contributed by atoms with E-state index in [1.807, 2.05) is 30.3 Å². The van der Waals surface area contributed by atoms with Crippen molar-refractivity contribution in [2.45, 2.75) is 30.3 Å². The summed E-state index contributed by atoms with van der Waals surface area (Å²) in [5.41, 5.74) is 1.18. The van der Waals surface area contributed by atoms with Gasteiger partial charge in [0.1, 0.15) is 0 Å². The van der Waals surface area contributed by atoms with Crippen molar-refractivity contribution >= 4 is 26.8 Å². The number of benzene rings is 1. The van der Waals surface area contributed by atoms with Crippen LogP contribution in [0.15, 0.2) is 30.3 Å². The molecule has 0 aliphatic heterocycles. The Morgan fingerprint density at radius 2 is 1.57 bits per heavy atom. The van der Waals surface area contributed by atoms with Crippen LogP contribution in [0.2, 0.25) is 10.6 Å². The molecule has 78 valence electrons. The van der Waals surface area contributed by atoms with Gasteiger partial charge < -0.3 is 12.4 Å². The molecule has 0 amide bonds. The minimum atomic E-state index is 0. The van der Waals surface area contributed by atoms with Crippen LogP contribution in [0.1, 0.15) is 19.4 Å². The van der Waals surface area contributed by atoms with Crippen LogP contribution in [0, 0.1) is 0 Å². The first-order valence-corrected chi connectivity index (χ1v) is 6.93. The van der Waals surface area contributed by atoms with Crippen LogP contribution < -0.4 is 12.4 Å². The van der Waals surface area contributed by atoms with E-state index in [4.69, 9.17) is 11.6 Å². The van der Waals surface area contributed by atoms with Gasteiger partial charge in [0.05, 0.1) is 0 Å². The first-order valence-electron chi connectivity index (χ1n) is 4.76. The molecule has 0 aromatic heterocycles. The van der Waals surface area contributed by atoms with Gasteiger partial charge in [-0.25, -0.2) is 0 Å². The molecule has 0 spiro atoms. The molecule has 1 aromatic rings. The zero-order valence-electron chi connectivity index (χ0n) is 8.84. The molecule has 0 unspecified atom stereocenters. The molecule has 3 heteroatoms. The first kappa shape index (κ1) is 16.8. The smallest absolute Gasteiger partial charge is 0.0474 e. The summed E-state index contributed by atoms with van der Waals surface area (Å²) in [4.78, 5) is 0. The Kier molecular flexibility index (Phi) is 16.0. The predicted molar refractivity (Wildman–Crippen MR) is 62.7 cm³/mol. The summed E-state index contributed by atoms with van der Waals surface area (Å²) in [6.07, 6.45) is 0. The van der Waals surface area contributed by atoms with E-state index in [-0.39, 0.29) is 12.4 Å². The third kappa shape index (κ3) is 10.4. The molecule has 0 fully saturated rings. The number of halogens is 2. The van der Waals surface area contributed by atoms with Crippen LogP contribution in [-0.2, 0) is 5.88 Å². The summed E-state index contributed by atoms with van der Waals surface area (Å²) in [5, 5.41) is 2.85. The van der Waals surface area contributed by atoms with Crippen LogP contribution >= 0.6 is 11.6 Å². The van der Waals surface area contributed by atoms with Crippen LogP contribution in [0.5, 0.6) is 0 Å². The van der Waals surface area contributed by atoms with Gasteiger partial charge >= 0.3 is 39.6 Å². The van der Waals surface area contributed by atoms with Gasteiger partial charge in [0.15, 0.2) is 0 Å². The van der Waals surface area contributed by atoms with Crippen molar-refractivity contribution in [2.75, 3.05) is 0 Å². The van der Waals surface area contributed by atoms with Crippen molar-refractivity contribution in [3.05, 3.63) is 35.9 Å². The van der Waals surface area contributed by atoms with E-state index in [1.165, 1.54) is 16.1 Å². The van der Waals surface area contributed by atoms with Gasteiger partial charge in [-0.05, 0) is 5.56 Å². The summed E-state index contributed by atoms with van der Waals surface area (Å²) in [6.45, 7) is 4.50. The largest absolute Gasteiger partial charge is 1.00 e. The molecule has 0 nitrogen and oxygen atoms in total. The normalized spacial score (nSPS) is 7.64. The molecule has 1 aromatic carbocycles. The Morgan fingerprint density at radius 1 is 1.07 bits per heavy atom. The molecule has 0 radical (unpaired) electrons. The fourth-order valence-electron chi connectivity index (χ4n) is 0.856. The molecule has 0 atom stereocenters. The van der Waals surface area contributed by atoms with Crippen molar-refractivity contribution in [1.29, 1.82) is 0 Å². The Balaban J connectivity index is 0. The average Bonchev–Trinajstić information content (AvgIpc) is 2.21. The number of alkyl halides is 1. The number of hydrogen-bond donors (Lipinski definition) is 0. The maximum atomic E-state index is 5.53. The maximum absolute atomic E-state index is 5.53. The van der Waals surface area contributed by atoms with E-state index < -0.39 is 0 Å². The van der Waals surface area contributed by atoms with E-state index in [9.17, 15) is 0 Å². The molecule has 0 N–H and O–H groups in total. The topological polar surface area (TPSA) is 0 Å². The molecule has 14 heavy (non-hydrogen) atoms. The van der Waals surface area contributed by atoms with E-state index in [2.05, 4.69) is 13.8 Å². The number of rotatable bonds is 3. The fraction of sp³-hybridized carbons (Fsp3) is 0.455. The predicted octanol–water partition coefficient (Wildman–Crippen LogP) is 0.996. The Hall–Kier alpha value is 0.332. The molecular formula is C11H17AlCl2. The van der Waals surface area contributed by atoms with Crippen molar-refractivity contribution < 1.29 is 12.4 Å². The molecule has 0 bridgehead atoms. The minimum Gasteiger partial charge on any atom is -1.00 e. The first-order chi connectivity index (χ1) is 6.35. The van der Waals surface area contributed by atoms with Gasteiger partial charge in [-0.3, -0.25) is 0 Å².